The number of ether oxygens (including phenoxy) is 2. The van der Waals surface area contributed by atoms with Gasteiger partial charge in [0.15, 0.2) is 6.04 Å². The van der Waals surface area contributed by atoms with Crippen LogP contribution in [0.2, 0.25) is 0 Å². The Labute approximate surface area is 250 Å². The average molecular weight is 592 g/mol. The van der Waals surface area contributed by atoms with Crippen LogP contribution in [0.1, 0.15) is 44.9 Å². The third-order valence-corrected chi connectivity index (χ3v) is 7.90. The monoisotopic (exact) mass is 591 g/mol. The second-order valence-corrected chi connectivity index (χ2v) is 12.1. The number of allylic oxidation sites excluding steroid dienone is 2. The van der Waals surface area contributed by atoms with Crippen molar-refractivity contribution in [1.29, 1.82) is 0 Å². The van der Waals surface area contributed by atoms with Gasteiger partial charge in [0.05, 0.1) is 12.2 Å². The minimum Gasteiger partial charge on any atom is -0.464 e. The Morgan fingerprint density at radius 2 is 1.81 bits per heavy atom. The third kappa shape index (κ3) is 6.51. The average Bonchev–Trinajstić information content (AvgIpc) is 3.64. The summed E-state index contributed by atoms with van der Waals surface area (Å²) in [5.74, 6) is -0.172. The molecule has 3 aliphatic heterocycles. The summed E-state index contributed by atoms with van der Waals surface area (Å²) in [5.41, 5.74) is 2.83. The minimum absolute atomic E-state index is 0.265. The van der Waals surface area contributed by atoms with Crippen LogP contribution in [0.25, 0.3) is 0 Å². The predicted molar refractivity (Wildman–Crippen MR) is 162 cm³/mol. The fourth-order valence-electron chi connectivity index (χ4n) is 5.15. The van der Waals surface area contributed by atoms with Gasteiger partial charge in [-0.2, -0.15) is 11.3 Å². The summed E-state index contributed by atoms with van der Waals surface area (Å²) in [6.07, 6.45) is 4.98. The molecule has 1 saturated heterocycles. The molecule has 2 amide bonds. The molecule has 1 aromatic carbocycles. The van der Waals surface area contributed by atoms with Crippen LogP contribution >= 0.6 is 11.3 Å². The number of esters is 1. The lowest BCUT2D eigenvalue weighted by molar-refractivity contribution is -0.147. The van der Waals surface area contributed by atoms with Crippen molar-refractivity contribution < 1.29 is 23.9 Å². The Morgan fingerprint density at radius 1 is 1.07 bits per heavy atom. The van der Waals surface area contributed by atoms with Gasteiger partial charge in [-0.3, -0.25) is 9.79 Å². The van der Waals surface area contributed by atoms with Crippen molar-refractivity contribution in [2.75, 3.05) is 37.7 Å². The van der Waals surface area contributed by atoms with Crippen LogP contribution in [0.4, 0.5) is 10.5 Å². The van der Waals surface area contributed by atoms with Gasteiger partial charge < -0.3 is 29.5 Å². The van der Waals surface area contributed by atoms with E-state index in [2.05, 4.69) is 10.2 Å². The molecule has 11 heteroatoms. The van der Waals surface area contributed by atoms with Crippen LogP contribution in [0.3, 0.4) is 0 Å². The molecule has 222 valence electrons. The molecule has 0 radical (unpaired) electrons. The van der Waals surface area contributed by atoms with E-state index >= 15 is 0 Å². The molecule has 0 spiro atoms. The lowest BCUT2D eigenvalue weighted by Crippen LogP contribution is -2.50. The number of carbonyl (C=O) groups is 3. The molecule has 1 fully saturated rings. The van der Waals surface area contributed by atoms with E-state index in [1.807, 2.05) is 61.9 Å². The lowest BCUT2D eigenvalue weighted by atomic mass is 10.0. The highest BCUT2D eigenvalue weighted by Crippen LogP contribution is 2.36. The van der Waals surface area contributed by atoms with Gasteiger partial charge in [0.25, 0.3) is 5.91 Å². The summed E-state index contributed by atoms with van der Waals surface area (Å²) in [7, 11) is 0. The maximum atomic E-state index is 13.3. The van der Waals surface area contributed by atoms with Crippen LogP contribution in [0, 0.1) is 0 Å². The fourth-order valence-corrected chi connectivity index (χ4v) is 5.84. The molecule has 2 atom stereocenters. The number of fused-ring (bicyclic) bond motifs is 1. The van der Waals surface area contributed by atoms with Crippen molar-refractivity contribution in [1.82, 2.24) is 15.1 Å². The first-order valence-corrected chi connectivity index (χ1v) is 15.1. The van der Waals surface area contributed by atoms with Gasteiger partial charge in [-0.1, -0.05) is 12.1 Å². The summed E-state index contributed by atoms with van der Waals surface area (Å²) in [4.78, 5) is 49.1. The third-order valence-electron chi connectivity index (χ3n) is 7.20. The Hall–Kier alpha value is -4.12. The molecule has 2 unspecified atom stereocenters. The van der Waals surface area contributed by atoms with Crippen LogP contribution < -0.4 is 10.2 Å². The maximum Gasteiger partial charge on any atom is 0.410 e. The number of thiophene rings is 1. The SMILES string of the molecule is CCOC(=O)C1C(c2ccsc2)N=C2C(C(=O)NCc3ccc(N4CCN(C(=O)OC(C)(C)C)CC4)cc3)=CC=CN21. The second kappa shape index (κ2) is 12.4. The highest BCUT2D eigenvalue weighted by molar-refractivity contribution is 7.08. The molecule has 5 rings (SSSR count). The van der Waals surface area contributed by atoms with Crippen molar-refractivity contribution in [3.8, 4) is 0 Å². The van der Waals surface area contributed by atoms with E-state index in [9.17, 15) is 14.4 Å². The number of benzene rings is 1. The highest BCUT2D eigenvalue weighted by atomic mass is 32.1. The number of nitrogens with zero attached hydrogens (tertiary/aromatic N) is 4. The first-order valence-electron chi connectivity index (χ1n) is 14.2. The maximum absolute atomic E-state index is 13.3. The molecule has 0 bridgehead atoms. The zero-order chi connectivity index (χ0) is 29.9. The molecule has 42 heavy (non-hydrogen) atoms. The minimum atomic E-state index is -0.666. The zero-order valence-electron chi connectivity index (χ0n) is 24.4. The summed E-state index contributed by atoms with van der Waals surface area (Å²) in [5, 5.41) is 6.92. The molecule has 0 saturated carbocycles. The largest absolute Gasteiger partial charge is 0.464 e. The molecule has 2 aromatic rings. The number of piperazine rings is 1. The van der Waals surface area contributed by atoms with Gasteiger partial charge in [0.2, 0.25) is 0 Å². The van der Waals surface area contributed by atoms with Gasteiger partial charge in [0, 0.05) is 44.6 Å². The first kappa shape index (κ1) is 29.4. The second-order valence-electron chi connectivity index (χ2n) is 11.3. The predicted octanol–water partition coefficient (Wildman–Crippen LogP) is 4.26. The quantitative estimate of drug-likeness (QED) is 0.480. The van der Waals surface area contributed by atoms with Crippen molar-refractivity contribution in [2.24, 2.45) is 4.99 Å². The highest BCUT2D eigenvalue weighted by Gasteiger charge is 2.45. The Balaban J connectivity index is 1.19. The number of aliphatic imine (C=N–C) groups is 1. The smallest absolute Gasteiger partial charge is 0.410 e. The van der Waals surface area contributed by atoms with E-state index in [4.69, 9.17) is 14.5 Å². The topological polar surface area (TPSA) is 104 Å². The van der Waals surface area contributed by atoms with Crippen molar-refractivity contribution in [3.05, 3.63) is 76.1 Å². The van der Waals surface area contributed by atoms with Gasteiger partial charge in [0.1, 0.15) is 17.5 Å². The standard InChI is InChI=1S/C31H37N5O5S/c1-5-40-29(38)26-25(22-12-18-42-20-22)33-27-24(7-6-13-36(26)27)28(37)32-19-21-8-10-23(11-9-21)34-14-16-35(17-15-34)30(39)41-31(2,3)4/h6-13,18,20,25-26H,5,14-17,19H2,1-4H3,(H,32,37). The van der Waals surface area contributed by atoms with E-state index in [0.29, 0.717) is 31.0 Å². The zero-order valence-corrected chi connectivity index (χ0v) is 25.2. The van der Waals surface area contributed by atoms with Gasteiger partial charge >= 0.3 is 12.1 Å². The number of rotatable bonds is 7. The van der Waals surface area contributed by atoms with E-state index < -0.39 is 17.7 Å². The van der Waals surface area contributed by atoms with Crippen molar-refractivity contribution in [3.63, 3.8) is 0 Å². The lowest BCUT2D eigenvalue weighted by Gasteiger charge is -2.36. The summed E-state index contributed by atoms with van der Waals surface area (Å²) < 4.78 is 10.9. The Kier molecular flexibility index (Phi) is 8.67. The number of amidine groups is 1. The summed E-state index contributed by atoms with van der Waals surface area (Å²) >= 11 is 1.54. The number of hydrogen-bond acceptors (Lipinski definition) is 9. The summed E-state index contributed by atoms with van der Waals surface area (Å²) in [6.45, 7) is 10.6. The van der Waals surface area contributed by atoms with Crippen molar-refractivity contribution >= 4 is 40.8 Å². The Morgan fingerprint density at radius 3 is 2.45 bits per heavy atom. The molecule has 3 aliphatic rings. The molecule has 0 aliphatic carbocycles. The molecule has 1 N–H and O–H groups in total. The van der Waals surface area contributed by atoms with Crippen molar-refractivity contribution in [2.45, 2.75) is 51.9 Å². The van der Waals surface area contributed by atoms with Gasteiger partial charge in [-0.05, 0) is 79.9 Å². The molecule has 10 nitrogen and oxygen atoms in total. The van der Waals surface area contributed by atoms with E-state index in [0.717, 1.165) is 29.9 Å². The Bertz CT molecular complexity index is 1390. The molecular weight excluding hydrogens is 554 g/mol. The number of anilines is 1. The number of carbonyl (C=O) groups excluding carboxylic acids is 3. The number of nitrogens with one attached hydrogen (secondary N) is 1. The number of amides is 2. The number of hydrogen-bond donors (Lipinski definition) is 1. The van der Waals surface area contributed by atoms with Crippen LogP contribution in [0.15, 0.2) is 70.0 Å². The normalized spacial score (nSPS) is 20.0. The molecular formula is C31H37N5O5S. The first-order chi connectivity index (χ1) is 20.1. The van der Waals surface area contributed by atoms with E-state index in [1.54, 1.807) is 35.1 Å². The fraction of sp³-hybridized carbons (Fsp3) is 0.419. The van der Waals surface area contributed by atoms with Crippen LogP contribution in [0.5, 0.6) is 0 Å². The van der Waals surface area contributed by atoms with E-state index in [-0.39, 0.29) is 24.6 Å². The summed E-state index contributed by atoms with van der Waals surface area (Å²) in [6, 6.07) is 8.88. The van der Waals surface area contributed by atoms with Crippen LogP contribution in [-0.2, 0) is 25.6 Å². The molecule has 4 heterocycles. The van der Waals surface area contributed by atoms with E-state index in [1.165, 1.54) is 11.3 Å². The van der Waals surface area contributed by atoms with Gasteiger partial charge in [-0.15, -0.1) is 0 Å². The van der Waals surface area contributed by atoms with Crippen LogP contribution in [-0.4, -0.2) is 78.0 Å². The molecule has 1 aromatic heterocycles. The van der Waals surface area contributed by atoms with Gasteiger partial charge in [-0.25, -0.2) is 9.59 Å².